The van der Waals surface area contributed by atoms with Gasteiger partial charge < -0.3 is 5.32 Å². The van der Waals surface area contributed by atoms with Gasteiger partial charge in [0.25, 0.3) is 0 Å². The average Bonchev–Trinajstić information content (AvgIpc) is 3.00. The topological polar surface area (TPSA) is 54.9 Å². The summed E-state index contributed by atoms with van der Waals surface area (Å²) in [6, 6.07) is 5.72. The Balaban J connectivity index is 1.63. The number of carbonyl (C=O) groups excluding carboxylic acids is 1. The van der Waals surface area contributed by atoms with Gasteiger partial charge in [-0.15, -0.1) is 0 Å². The number of aromatic nitrogens is 2. The van der Waals surface area contributed by atoms with E-state index in [0.717, 1.165) is 29.7 Å². The number of halogens is 1. The lowest BCUT2D eigenvalue weighted by Crippen LogP contribution is -2.27. The molecule has 1 aromatic carbocycles. The lowest BCUT2D eigenvalue weighted by Gasteiger charge is -2.25. The molecule has 4 rings (SSSR count). The van der Waals surface area contributed by atoms with E-state index < -0.39 is 0 Å². The number of carbonyl (C=O) groups is 1. The molecule has 2 fully saturated rings. The number of nitrogens with one attached hydrogen (secondary N) is 1. The van der Waals surface area contributed by atoms with E-state index in [-0.39, 0.29) is 11.3 Å². The standard InChI is InChI=1S/C18H20ClN3O/c1-18(2,6-14(23)15-11-7-20-8-12(11)15)17-10-4-3-5-13(19)16(10)21-9-22-17/h3-5,9,11-12,15,20H,6-8H2,1-2H3/t11-,12+,15?. The van der Waals surface area contributed by atoms with Crippen molar-refractivity contribution in [2.75, 3.05) is 13.1 Å². The number of piperidine rings is 1. The zero-order valence-electron chi connectivity index (χ0n) is 13.3. The maximum Gasteiger partial charge on any atom is 0.137 e. The molecule has 1 saturated heterocycles. The van der Waals surface area contributed by atoms with Crippen molar-refractivity contribution >= 4 is 28.3 Å². The van der Waals surface area contributed by atoms with Crippen LogP contribution in [0.1, 0.15) is 26.0 Å². The Labute approximate surface area is 140 Å². The number of hydrogen-bond donors (Lipinski definition) is 1. The summed E-state index contributed by atoms with van der Waals surface area (Å²) < 4.78 is 0. The Morgan fingerprint density at radius 2 is 2.04 bits per heavy atom. The number of ketones is 1. The maximum absolute atomic E-state index is 12.7. The van der Waals surface area contributed by atoms with Crippen LogP contribution in [0.25, 0.3) is 10.9 Å². The van der Waals surface area contributed by atoms with Crippen molar-refractivity contribution < 1.29 is 4.79 Å². The molecule has 1 N–H and O–H groups in total. The first-order chi connectivity index (χ1) is 11.0. The fraction of sp³-hybridized carbons (Fsp3) is 0.500. The average molecular weight is 330 g/mol. The van der Waals surface area contributed by atoms with Gasteiger partial charge >= 0.3 is 0 Å². The number of rotatable bonds is 4. The molecule has 2 aromatic rings. The zero-order valence-corrected chi connectivity index (χ0v) is 14.1. The van der Waals surface area contributed by atoms with Crippen LogP contribution in [0.15, 0.2) is 24.5 Å². The molecule has 1 aliphatic carbocycles. The summed E-state index contributed by atoms with van der Waals surface area (Å²) in [4.78, 5) is 21.5. The van der Waals surface area contributed by atoms with Crippen LogP contribution in [-0.4, -0.2) is 28.8 Å². The van der Waals surface area contributed by atoms with E-state index in [0.29, 0.717) is 29.1 Å². The van der Waals surface area contributed by atoms with Crippen LogP contribution in [0, 0.1) is 17.8 Å². The molecule has 1 aliphatic heterocycles. The zero-order chi connectivity index (χ0) is 16.2. The Morgan fingerprint density at radius 1 is 1.30 bits per heavy atom. The first-order valence-corrected chi connectivity index (χ1v) is 8.50. The predicted octanol–water partition coefficient (Wildman–Crippen LogP) is 2.99. The fourth-order valence-corrected chi connectivity index (χ4v) is 4.35. The summed E-state index contributed by atoms with van der Waals surface area (Å²) in [7, 11) is 0. The normalized spacial score (nSPS) is 26.3. The van der Waals surface area contributed by atoms with Crippen LogP contribution in [-0.2, 0) is 10.2 Å². The van der Waals surface area contributed by atoms with Gasteiger partial charge in [0.15, 0.2) is 0 Å². The van der Waals surface area contributed by atoms with Crippen molar-refractivity contribution in [3.8, 4) is 0 Å². The molecule has 1 unspecified atom stereocenters. The van der Waals surface area contributed by atoms with Gasteiger partial charge in [0.2, 0.25) is 0 Å². The number of hydrogen-bond acceptors (Lipinski definition) is 4. The predicted molar refractivity (Wildman–Crippen MR) is 90.5 cm³/mol. The summed E-state index contributed by atoms with van der Waals surface area (Å²) in [6.07, 6.45) is 2.06. The SMILES string of the molecule is CC(C)(CC(=O)C1[C@H]2CNC[C@@H]12)c1ncnc2c(Cl)cccc12. The second-order valence-corrected chi connectivity index (χ2v) is 7.80. The minimum atomic E-state index is -0.326. The van der Waals surface area contributed by atoms with Crippen molar-refractivity contribution in [3.05, 3.63) is 35.2 Å². The quantitative estimate of drug-likeness (QED) is 0.937. The van der Waals surface area contributed by atoms with Crippen LogP contribution in [0.3, 0.4) is 0 Å². The molecular weight excluding hydrogens is 310 g/mol. The van der Waals surface area contributed by atoms with Crippen molar-refractivity contribution in [2.24, 2.45) is 17.8 Å². The molecule has 0 radical (unpaired) electrons. The van der Waals surface area contributed by atoms with Crippen LogP contribution in [0.4, 0.5) is 0 Å². The highest BCUT2D eigenvalue weighted by atomic mass is 35.5. The van der Waals surface area contributed by atoms with Gasteiger partial charge in [-0.05, 0) is 31.0 Å². The van der Waals surface area contributed by atoms with Crippen LogP contribution < -0.4 is 5.32 Å². The molecule has 2 heterocycles. The van der Waals surface area contributed by atoms with E-state index >= 15 is 0 Å². The van der Waals surface area contributed by atoms with Crippen molar-refractivity contribution in [2.45, 2.75) is 25.7 Å². The highest BCUT2D eigenvalue weighted by Crippen LogP contribution is 2.50. The van der Waals surface area contributed by atoms with Gasteiger partial charge in [0.05, 0.1) is 16.2 Å². The van der Waals surface area contributed by atoms with Gasteiger partial charge in [-0.3, -0.25) is 4.79 Å². The fourth-order valence-electron chi connectivity index (χ4n) is 4.12. The number of para-hydroxylation sites is 1. The first-order valence-electron chi connectivity index (χ1n) is 8.12. The molecule has 0 amide bonds. The third-order valence-corrected chi connectivity index (χ3v) is 5.64. The van der Waals surface area contributed by atoms with E-state index in [1.807, 2.05) is 18.2 Å². The number of nitrogens with zero attached hydrogens (tertiary/aromatic N) is 2. The second kappa shape index (κ2) is 5.25. The molecule has 3 atom stereocenters. The Morgan fingerprint density at radius 3 is 2.78 bits per heavy atom. The van der Waals surface area contributed by atoms with E-state index in [2.05, 4.69) is 29.1 Å². The molecule has 1 saturated carbocycles. The number of Topliss-reactive ketones (excluding diaryl/α,β-unsaturated/α-hetero) is 1. The Hall–Kier alpha value is -1.52. The van der Waals surface area contributed by atoms with Gasteiger partial charge in [0, 0.05) is 23.1 Å². The van der Waals surface area contributed by atoms with E-state index in [1.165, 1.54) is 0 Å². The van der Waals surface area contributed by atoms with E-state index in [9.17, 15) is 4.79 Å². The van der Waals surface area contributed by atoms with Crippen LogP contribution >= 0.6 is 11.6 Å². The lowest BCUT2D eigenvalue weighted by molar-refractivity contribution is -0.122. The van der Waals surface area contributed by atoms with E-state index in [1.54, 1.807) is 6.33 Å². The molecule has 1 aromatic heterocycles. The van der Waals surface area contributed by atoms with Crippen molar-refractivity contribution in [1.29, 1.82) is 0 Å². The highest BCUT2D eigenvalue weighted by Gasteiger charge is 2.56. The number of benzene rings is 1. The molecule has 0 bridgehead atoms. The molecule has 23 heavy (non-hydrogen) atoms. The van der Waals surface area contributed by atoms with Gasteiger partial charge in [0.1, 0.15) is 12.1 Å². The minimum absolute atomic E-state index is 0.257. The molecule has 2 aliphatic rings. The smallest absolute Gasteiger partial charge is 0.137 e. The summed E-state index contributed by atoms with van der Waals surface area (Å²) >= 11 is 6.25. The van der Waals surface area contributed by atoms with Crippen molar-refractivity contribution in [1.82, 2.24) is 15.3 Å². The maximum atomic E-state index is 12.7. The summed E-state index contributed by atoms with van der Waals surface area (Å²) in [5.74, 6) is 1.76. The van der Waals surface area contributed by atoms with Gasteiger partial charge in [-0.25, -0.2) is 9.97 Å². The second-order valence-electron chi connectivity index (χ2n) is 7.40. The van der Waals surface area contributed by atoms with Crippen molar-refractivity contribution in [3.63, 3.8) is 0 Å². The molecule has 120 valence electrons. The summed E-state index contributed by atoms with van der Waals surface area (Å²) in [5, 5.41) is 4.91. The molecular formula is C18H20ClN3O. The number of fused-ring (bicyclic) bond motifs is 2. The lowest BCUT2D eigenvalue weighted by atomic mass is 9.80. The monoisotopic (exact) mass is 329 g/mol. The highest BCUT2D eigenvalue weighted by molar-refractivity contribution is 6.35. The molecule has 5 heteroatoms. The Kier molecular flexibility index (Phi) is 3.43. The van der Waals surface area contributed by atoms with Gasteiger partial charge in [-0.1, -0.05) is 37.6 Å². The van der Waals surface area contributed by atoms with Crippen LogP contribution in [0.5, 0.6) is 0 Å². The molecule has 0 spiro atoms. The van der Waals surface area contributed by atoms with Crippen LogP contribution in [0.2, 0.25) is 5.02 Å². The molecule has 4 nitrogen and oxygen atoms in total. The van der Waals surface area contributed by atoms with Gasteiger partial charge in [-0.2, -0.15) is 0 Å². The summed E-state index contributed by atoms with van der Waals surface area (Å²) in [6.45, 7) is 6.16. The van der Waals surface area contributed by atoms with E-state index in [4.69, 9.17) is 11.6 Å². The Bertz CT molecular complexity index is 779. The third-order valence-electron chi connectivity index (χ3n) is 5.34. The summed E-state index contributed by atoms with van der Waals surface area (Å²) in [5.41, 5.74) is 1.34. The largest absolute Gasteiger partial charge is 0.316 e. The minimum Gasteiger partial charge on any atom is -0.316 e. The third kappa shape index (κ3) is 2.45. The first kappa shape index (κ1) is 15.0.